The molecule has 1 aromatic carbocycles. The summed E-state index contributed by atoms with van der Waals surface area (Å²) in [6, 6.07) is 8.18. The van der Waals surface area contributed by atoms with Gasteiger partial charge in [0.2, 0.25) is 0 Å². The second kappa shape index (κ2) is 5.98. The lowest BCUT2D eigenvalue weighted by Crippen LogP contribution is -2.11. The van der Waals surface area contributed by atoms with Crippen molar-refractivity contribution in [2.24, 2.45) is 5.92 Å². The van der Waals surface area contributed by atoms with E-state index in [1.54, 1.807) is 0 Å². The minimum Gasteiger partial charge on any atom is -0.379 e. The normalized spacial score (nSPS) is 11.2. The number of ether oxygens (including phenoxy) is 1. The molecule has 0 amide bonds. The zero-order chi connectivity index (χ0) is 12.1. The molecule has 0 aliphatic carbocycles. The van der Waals surface area contributed by atoms with Gasteiger partial charge in [-0.3, -0.25) is 0 Å². The second-order valence-electron chi connectivity index (χ2n) is 4.42. The van der Waals surface area contributed by atoms with Gasteiger partial charge in [0, 0.05) is 18.5 Å². The monoisotopic (exact) mass is 250 g/mol. The Morgan fingerprint density at radius 2 is 2.18 bits per heavy atom. The highest BCUT2D eigenvalue weighted by Crippen LogP contribution is 2.26. The van der Waals surface area contributed by atoms with Gasteiger partial charge in [-0.1, -0.05) is 26.0 Å². The Kier molecular flexibility index (Phi) is 4.34. The SMILES string of the molecule is CC(C)COCCNc1snc2ccccc12. The first-order chi connectivity index (χ1) is 8.27. The minimum absolute atomic E-state index is 0.597. The highest BCUT2D eigenvalue weighted by Gasteiger charge is 2.03. The quantitative estimate of drug-likeness (QED) is 0.798. The fraction of sp³-hybridized carbons (Fsp3) is 0.462. The highest BCUT2D eigenvalue weighted by molar-refractivity contribution is 7.11. The largest absolute Gasteiger partial charge is 0.379 e. The molecule has 2 rings (SSSR count). The molecule has 0 radical (unpaired) electrons. The fourth-order valence-electron chi connectivity index (χ4n) is 1.57. The van der Waals surface area contributed by atoms with Crippen molar-refractivity contribution in [2.45, 2.75) is 13.8 Å². The van der Waals surface area contributed by atoms with Crippen LogP contribution in [0, 0.1) is 5.92 Å². The minimum atomic E-state index is 0.597. The van der Waals surface area contributed by atoms with Crippen LogP contribution in [0.3, 0.4) is 0 Å². The summed E-state index contributed by atoms with van der Waals surface area (Å²) in [6.45, 7) is 6.71. The molecule has 0 fully saturated rings. The van der Waals surface area contributed by atoms with E-state index in [0.717, 1.165) is 30.3 Å². The highest BCUT2D eigenvalue weighted by atomic mass is 32.1. The standard InChI is InChI=1S/C13H18N2OS/c1-10(2)9-16-8-7-14-13-11-5-3-4-6-12(11)15-17-13/h3-6,10,14H,7-9H2,1-2H3. The van der Waals surface area contributed by atoms with Crippen LogP contribution < -0.4 is 5.32 Å². The van der Waals surface area contributed by atoms with E-state index < -0.39 is 0 Å². The molecule has 1 N–H and O–H groups in total. The molecule has 0 spiro atoms. The van der Waals surface area contributed by atoms with Crippen molar-refractivity contribution in [1.29, 1.82) is 0 Å². The molecule has 2 aromatic rings. The Morgan fingerprint density at radius 1 is 1.35 bits per heavy atom. The topological polar surface area (TPSA) is 34.1 Å². The third-order valence-electron chi connectivity index (χ3n) is 2.37. The molecular weight excluding hydrogens is 232 g/mol. The lowest BCUT2D eigenvalue weighted by atomic mass is 10.2. The summed E-state index contributed by atoms with van der Waals surface area (Å²) in [5, 5.41) is 5.70. The number of anilines is 1. The van der Waals surface area contributed by atoms with Gasteiger partial charge in [-0.2, -0.15) is 4.37 Å². The van der Waals surface area contributed by atoms with Crippen molar-refractivity contribution in [2.75, 3.05) is 25.1 Å². The molecule has 0 unspecified atom stereocenters. The van der Waals surface area contributed by atoms with E-state index >= 15 is 0 Å². The van der Waals surface area contributed by atoms with E-state index in [0.29, 0.717) is 5.92 Å². The third-order valence-corrected chi connectivity index (χ3v) is 3.20. The maximum atomic E-state index is 5.53. The summed E-state index contributed by atoms with van der Waals surface area (Å²) < 4.78 is 9.91. The molecular formula is C13H18N2OS. The molecule has 4 heteroatoms. The molecule has 0 atom stereocenters. The van der Waals surface area contributed by atoms with Crippen molar-refractivity contribution in [3.05, 3.63) is 24.3 Å². The van der Waals surface area contributed by atoms with Gasteiger partial charge >= 0.3 is 0 Å². The van der Waals surface area contributed by atoms with Crippen molar-refractivity contribution in [3.63, 3.8) is 0 Å². The van der Waals surface area contributed by atoms with E-state index in [1.807, 2.05) is 18.2 Å². The Hall–Kier alpha value is -1.13. The molecule has 0 saturated carbocycles. The molecule has 0 bridgehead atoms. The van der Waals surface area contributed by atoms with Crippen LogP contribution in [0.4, 0.5) is 5.00 Å². The van der Waals surface area contributed by atoms with Crippen molar-refractivity contribution in [3.8, 4) is 0 Å². The molecule has 3 nitrogen and oxygen atoms in total. The molecule has 0 aliphatic heterocycles. The van der Waals surface area contributed by atoms with Crippen LogP contribution in [0.1, 0.15) is 13.8 Å². The van der Waals surface area contributed by atoms with E-state index in [-0.39, 0.29) is 0 Å². The summed E-state index contributed by atoms with van der Waals surface area (Å²) >= 11 is 1.51. The Balaban J connectivity index is 1.83. The van der Waals surface area contributed by atoms with Crippen molar-refractivity contribution in [1.82, 2.24) is 4.37 Å². The van der Waals surface area contributed by atoms with E-state index in [9.17, 15) is 0 Å². The van der Waals surface area contributed by atoms with Gasteiger partial charge in [-0.25, -0.2) is 0 Å². The van der Waals surface area contributed by atoms with Crippen molar-refractivity contribution < 1.29 is 4.74 Å². The van der Waals surface area contributed by atoms with Crippen LogP contribution in [-0.2, 0) is 4.74 Å². The predicted octanol–water partition coefficient (Wildman–Crippen LogP) is 3.38. The number of hydrogen-bond donors (Lipinski definition) is 1. The van der Waals surface area contributed by atoms with E-state index in [1.165, 1.54) is 16.9 Å². The smallest absolute Gasteiger partial charge is 0.117 e. The number of fused-ring (bicyclic) bond motifs is 1. The first-order valence-corrected chi connectivity index (χ1v) is 6.70. The lowest BCUT2D eigenvalue weighted by Gasteiger charge is -2.07. The van der Waals surface area contributed by atoms with Crippen LogP contribution in [-0.4, -0.2) is 24.1 Å². The van der Waals surface area contributed by atoms with Crippen LogP contribution in [0.15, 0.2) is 24.3 Å². The molecule has 1 aromatic heterocycles. The number of benzene rings is 1. The van der Waals surface area contributed by atoms with Crippen LogP contribution in [0.25, 0.3) is 10.9 Å². The zero-order valence-corrected chi connectivity index (χ0v) is 11.1. The number of nitrogens with zero attached hydrogens (tertiary/aromatic N) is 1. The van der Waals surface area contributed by atoms with Gasteiger partial charge in [0.05, 0.1) is 12.1 Å². The predicted molar refractivity (Wildman–Crippen MR) is 73.8 cm³/mol. The maximum absolute atomic E-state index is 5.53. The summed E-state index contributed by atoms with van der Waals surface area (Å²) in [5.74, 6) is 0.597. The molecule has 0 aliphatic rings. The number of hydrogen-bond acceptors (Lipinski definition) is 4. The van der Waals surface area contributed by atoms with Gasteiger partial charge < -0.3 is 10.1 Å². The van der Waals surface area contributed by atoms with Crippen molar-refractivity contribution >= 4 is 27.4 Å². The van der Waals surface area contributed by atoms with Gasteiger partial charge in [0.25, 0.3) is 0 Å². The van der Waals surface area contributed by atoms with Gasteiger partial charge in [-0.05, 0) is 29.6 Å². The average Bonchev–Trinajstić information content (AvgIpc) is 2.72. The van der Waals surface area contributed by atoms with E-state index in [4.69, 9.17) is 4.74 Å². The summed E-state index contributed by atoms with van der Waals surface area (Å²) in [5.41, 5.74) is 1.06. The molecule has 92 valence electrons. The van der Waals surface area contributed by atoms with Crippen LogP contribution in [0.5, 0.6) is 0 Å². The van der Waals surface area contributed by atoms with Gasteiger partial charge in [0.1, 0.15) is 5.00 Å². The first-order valence-electron chi connectivity index (χ1n) is 5.93. The molecule has 0 saturated heterocycles. The van der Waals surface area contributed by atoms with Gasteiger partial charge in [-0.15, -0.1) is 0 Å². The molecule has 1 heterocycles. The number of aromatic nitrogens is 1. The van der Waals surface area contributed by atoms with Crippen LogP contribution in [0.2, 0.25) is 0 Å². The summed E-state index contributed by atoms with van der Waals surface area (Å²) in [4.78, 5) is 0. The maximum Gasteiger partial charge on any atom is 0.117 e. The second-order valence-corrected chi connectivity index (χ2v) is 5.20. The number of rotatable bonds is 6. The third kappa shape index (κ3) is 3.41. The first kappa shape index (κ1) is 12.3. The average molecular weight is 250 g/mol. The van der Waals surface area contributed by atoms with Crippen LogP contribution >= 0.6 is 11.5 Å². The summed E-state index contributed by atoms with van der Waals surface area (Å²) in [6.07, 6.45) is 0. The zero-order valence-electron chi connectivity index (χ0n) is 10.3. The number of nitrogens with one attached hydrogen (secondary N) is 1. The van der Waals surface area contributed by atoms with E-state index in [2.05, 4.69) is 29.6 Å². The Labute approximate surface area is 106 Å². The molecule has 17 heavy (non-hydrogen) atoms. The fourth-order valence-corrected chi connectivity index (χ4v) is 2.36. The Bertz CT molecular complexity index is 467. The van der Waals surface area contributed by atoms with Gasteiger partial charge in [0.15, 0.2) is 0 Å². The Morgan fingerprint density at radius 3 is 3.00 bits per heavy atom. The summed E-state index contributed by atoms with van der Waals surface area (Å²) in [7, 11) is 0. The lowest BCUT2D eigenvalue weighted by molar-refractivity contribution is 0.119.